The van der Waals surface area contributed by atoms with Gasteiger partial charge >= 0.3 is 0 Å². The quantitative estimate of drug-likeness (QED) is 0.718. The minimum Gasteiger partial charge on any atom is -0.550 e. The normalized spacial score (nSPS) is 24.2. The van der Waals surface area contributed by atoms with E-state index in [0.29, 0.717) is 6.42 Å². The Bertz CT molecular complexity index is 381. The lowest BCUT2D eigenvalue weighted by Crippen LogP contribution is -2.37. The number of benzene rings is 1. The van der Waals surface area contributed by atoms with Crippen molar-refractivity contribution in [2.45, 2.75) is 19.3 Å². The number of carbonyl (C=O) groups excluding carboxylic acids is 1. The van der Waals surface area contributed by atoms with Crippen LogP contribution < -0.4 is 5.11 Å². The van der Waals surface area contributed by atoms with E-state index >= 15 is 0 Å². The van der Waals surface area contributed by atoms with Gasteiger partial charge < -0.3 is 9.90 Å². The Morgan fingerprint density at radius 2 is 1.88 bits per heavy atom. The first-order valence-electron chi connectivity index (χ1n) is 5.67. The maximum Gasteiger partial charge on any atom is 0.0451 e. The standard InChI is InChI=1S/C14H16O2/c15-14(16)13-9-5-4-8-12(13)10-11-6-2-1-3-7-11/h1-7,12-13H,8-10H2,(H,15,16)/p-1/t12-,13+/m0/s1. The highest BCUT2D eigenvalue weighted by atomic mass is 16.4. The Balaban J connectivity index is 2.08. The zero-order valence-corrected chi connectivity index (χ0v) is 9.13. The van der Waals surface area contributed by atoms with Crippen molar-refractivity contribution in [2.75, 3.05) is 0 Å². The van der Waals surface area contributed by atoms with E-state index in [9.17, 15) is 9.90 Å². The fourth-order valence-electron chi connectivity index (χ4n) is 2.30. The van der Waals surface area contributed by atoms with Crippen LogP contribution in [-0.4, -0.2) is 5.97 Å². The van der Waals surface area contributed by atoms with E-state index in [4.69, 9.17) is 0 Å². The molecule has 2 heteroatoms. The van der Waals surface area contributed by atoms with Crippen molar-refractivity contribution in [3.8, 4) is 0 Å². The van der Waals surface area contributed by atoms with Gasteiger partial charge in [0.2, 0.25) is 0 Å². The molecule has 0 aromatic heterocycles. The second kappa shape index (κ2) is 4.97. The van der Waals surface area contributed by atoms with Gasteiger partial charge in [0.15, 0.2) is 0 Å². The highest BCUT2D eigenvalue weighted by Gasteiger charge is 2.23. The summed E-state index contributed by atoms with van der Waals surface area (Å²) < 4.78 is 0. The number of hydrogen-bond donors (Lipinski definition) is 0. The molecule has 0 aliphatic heterocycles. The number of hydrogen-bond acceptors (Lipinski definition) is 2. The van der Waals surface area contributed by atoms with Crippen LogP contribution in [0.15, 0.2) is 42.5 Å². The average molecular weight is 215 g/mol. The molecule has 0 fully saturated rings. The molecule has 2 nitrogen and oxygen atoms in total. The van der Waals surface area contributed by atoms with Crippen LogP contribution in [0.25, 0.3) is 0 Å². The van der Waals surface area contributed by atoms with Crippen molar-refractivity contribution < 1.29 is 9.90 Å². The molecule has 1 aliphatic rings. The Morgan fingerprint density at radius 3 is 2.56 bits per heavy atom. The summed E-state index contributed by atoms with van der Waals surface area (Å²) in [4.78, 5) is 11.0. The summed E-state index contributed by atoms with van der Waals surface area (Å²) in [5.74, 6) is -1.06. The van der Waals surface area contributed by atoms with E-state index in [-0.39, 0.29) is 11.8 Å². The van der Waals surface area contributed by atoms with Crippen molar-refractivity contribution in [3.05, 3.63) is 48.0 Å². The molecule has 0 saturated heterocycles. The highest BCUT2D eigenvalue weighted by Crippen LogP contribution is 2.28. The molecule has 0 N–H and O–H groups in total. The topological polar surface area (TPSA) is 40.1 Å². The lowest BCUT2D eigenvalue weighted by atomic mass is 9.79. The lowest BCUT2D eigenvalue weighted by Gasteiger charge is -2.29. The van der Waals surface area contributed by atoms with E-state index < -0.39 is 5.97 Å². The molecule has 1 aromatic carbocycles. The number of aliphatic carboxylic acids is 1. The fraction of sp³-hybridized carbons (Fsp3) is 0.357. The first kappa shape index (κ1) is 10.9. The van der Waals surface area contributed by atoms with Gasteiger partial charge in [-0.1, -0.05) is 42.5 Å². The number of carbonyl (C=O) groups is 1. The molecule has 0 unspecified atom stereocenters. The van der Waals surface area contributed by atoms with Crippen molar-refractivity contribution >= 4 is 5.97 Å². The summed E-state index contributed by atoms with van der Waals surface area (Å²) in [6.45, 7) is 0. The van der Waals surface area contributed by atoms with Crippen LogP contribution in [0.5, 0.6) is 0 Å². The SMILES string of the molecule is O=C([O-])[C@@H]1CC=CC[C@H]1Cc1ccccc1. The minimum absolute atomic E-state index is 0.178. The maximum atomic E-state index is 11.0. The van der Waals surface area contributed by atoms with Gasteiger partial charge in [-0.25, -0.2) is 0 Å². The predicted molar refractivity (Wildman–Crippen MR) is 60.5 cm³/mol. The highest BCUT2D eigenvalue weighted by molar-refractivity contribution is 5.68. The summed E-state index contributed by atoms with van der Waals surface area (Å²) >= 11 is 0. The lowest BCUT2D eigenvalue weighted by molar-refractivity contribution is -0.313. The van der Waals surface area contributed by atoms with E-state index in [1.54, 1.807) is 0 Å². The summed E-state index contributed by atoms with van der Waals surface area (Å²) in [5.41, 5.74) is 1.20. The van der Waals surface area contributed by atoms with Crippen LogP contribution in [-0.2, 0) is 11.2 Å². The first-order chi connectivity index (χ1) is 7.77. The van der Waals surface area contributed by atoms with Crippen LogP contribution in [0.1, 0.15) is 18.4 Å². The molecular weight excluding hydrogens is 200 g/mol. The van der Waals surface area contributed by atoms with Crippen molar-refractivity contribution in [3.63, 3.8) is 0 Å². The van der Waals surface area contributed by atoms with Crippen LogP contribution in [0.2, 0.25) is 0 Å². The molecule has 0 amide bonds. The van der Waals surface area contributed by atoms with E-state index in [0.717, 1.165) is 12.8 Å². The van der Waals surface area contributed by atoms with Gasteiger partial charge in [0.1, 0.15) is 0 Å². The molecule has 0 bridgehead atoms. The average Bonchev–Trinajstić information content (AvgIpc) is 2.31. The molecule has 2 atom stereocenters. The summed E-state index contributed by atoms with van der Waals surface area (Å²) in [5, 5.41) is 11.0. The van der Waals surface area contributed by atoms with Crippen LogP contribution in [0.4, 0.5) is 0 Å². The molecule has 0 radical (unpaired) electrons. The zero-order chi connectivity index (χ0) is 11.4. The van der Waals surface area contributed by atoms with Crippen LogP contribution in [0.3, 0.4) is 0 Å². The fourth-order valence-corrected chi connectivity index (χ4v) is 2.30. The number of carboxylic acids is 1. The Labute approximate surface area is 95.6 Å². The largest absolute Gasteiger partial charge is 0.550 e. The minimum atomic E-state index is -0.912. The second-order valence-corrected chi connectivity index (χ2v) is 4.32. The second-order valence-electron chi connectivity index (χ2n) is 4.32. The molecular formula is C14H15O2-. The zero-order valence-electron chi connectivity index (χ0n) is 9.13. The predicted octanol–water partition coefficient (Wildman–Crippen LogP) is 1.56. The third-order valence-electron chi connectivity index (χ3n) is 3.21. The van der Waals surface area contributed by atoms with Gasteiger partial charge in [-0.05, 0) is 30.7 Å². The molecule has 1 aromatic rings. The third kappa shape index (κ3) is 2.51. The van der Waals surface area contributed by atoms with Crippen LogP contribution in [0, 0.1) is 11.8 Å². The van der Waals surface area contributed by atoms with Crippen molar-refractivity contribution in [2.24, 2.45) is 11.8 Å². The van der Waals surface area contributed by atoms with Crippen molar-refractivity contribution in [1.82, 2.24) is 0 Å². The Kier molecular flexibility index (Phi) is 3.40. The molecule has 16 heavy (non-hydrogen) atoms. The molecule has 0 spiro atoms. The first-order valence-corrected chi connectivity index (χ1v) is 5.67. The molecule has 84 valence electrons. The monoisotopic (exact) mass is 215 g/mol. The van der Waals surface area contributed by atoms with Crippen LogP contribution >= 0.6 is 0 Å². The summed E-state index contributed by atoms with van der Waals surface area (Å²) in [7, 11) is 0. The molecule has 1 aliphatic carbocycles. The third-order valence-corrected chi connectivity index (χ3v) is 3.21. The molecule has 0 saturated carbocycles. The number of carboxylic acid groups (broad SMARTS) is 1. The van der Waals surface area contributed by atoms with Gasteiger partial charge in [0.05, 0.1) is 0 Å². The van der Waals surface area contributed by atoms with Crippen molar-refractivity contribution in [1.29, 1.82) is 0 Å². The van der Waals surface area contributed by atoms with Gasteiger partial charge in [0, 0.05) is 11.9 Å². The number of rotatable bonds is 3. The Morgan fingerprint density at radius 1 is 1.19 bits per heavy atom. The molecule has 2 rings (SSSR count). The van der Waals surface area contributed by atoms with Gasteiger partial charge in [0.25, 0.3) is 0 Å². The van der Waals surface area contributed by atoms with Gasteiger partial charge in [-0.15, -0.1) is 0 Å². The number of allylic oxidation sites excluding steroid dienone is 2. The van der Waals surface area contributed by atoms with E-state index in [1.807, 2.05) is 36.4 Å². The molecule has 0 heterocycles. The summed E-state index contributed by atoms with van der Waals surface area (Å²) in [6, 6.07) is 10.0. The van der Waals surface area contributed by atoms with Gasteiger partial charge in [-0.2, -0.15) is 0 Å². The van der Waals surface area contributed by atoms with E-state index in [2.05, 4.69) is 6.08 Å². The Hall–Kier alpha value is -1.57. The van der Waals surface area contributed by atoms with E-state index in [1.165, 1.54) is 5.56 Å². The maximum absolute atomic E-state index is 11.0. The summed E-state index contributed by atoms with van der Waals surface area (Å²) in [6.07, 6.45) is 6.30. The smallest absolute Gasteiger partial charge is 0.0451 e. The van der Waals surface area contributed by atoms with Gasteiger partial charge in [-0.3, -0.25) is 0 Å².